The first-order chi connectivity index (χ1) is 7.58. The lowest BCUT2D eigenvalue weighted by atomic mass is 10.1. The monoisotopic (exact) mass is 235 g/mol. The zero-order valence-electron chi connectivity index (χ0n) is 9.61. The molecule has 0 radical (unpaired) electrons. The van der Waals surface area contributed by atoms with Crippen molar-refractivity contribution in [2.75, 3.05) is 19.1 Å². The molecule has 0 aliphatic rings. The van der Waals surface area contributed by atoms with E-state index in [2.05, 4.69) is 11.2 Å². The average Bonchev–Trinajstić information content (AvgIpc) is 2.61. The van der Waals surface area contributed by atoms with E-state index in [9.17, 15) is 0 Å². The fourth-order valence-electron chi connectivity index (χ4n) is 1.63. The van der Waals surface area contributed by atoms with Gasteiger partial charge in [-0.1, -0.05) is 23.7 Å². The van der Waals surface area contributed by atoms with E-state index in [0.717, 1.165) is 22.0 Å². The summed E-state index contributed by atoms with van der Waals surface area (Å²) < 4.78 is 0. The summed E-state index contributed by atoms with van der Waals surface area (Å²) in [4.78, 5) is 1.87. The molecule has 84 valence electrons. The van der Waals surface area contributed by atoms with Crippen LogP contribution in [0.5, 0.6) is 0 Å². The van der Waals surface area contributed by atoms with Gasteiger partial charge in [-0.2, -0.15) is 9.89 Å². The van der Waals surface area contributed by atoms with E-state index in [4.69, 9.17) is 11.6 Å². The van der Waals surface area contributed by atoms with Gasteiger partial charge in [0.15, 0.2) is 0 Å². The van der Waals surface area contributed by atoms with E-state index in [1.165, 1.54) is 0 Å². The topological polar surface area (TPSA) is 21.1 Å². The Bertz CT molecular complexity index is 485. The minimum atomic E-state index is 0.743. The lowest BCUT2D eigenvalue weighted by Gasteiger charge is -2.13. The molecule has 16 heavy (non-hydrogen) atoms. The second-order valence-corrected chi connectivity index (χ2v) is 4.35. The fraction of sp³-hybridized carbons (Fsp3) is 0.250. The van der Waals surface area contributed by atoms with Crippen molar-refractivity contribution in [3.8, 4) is 11.3 Å². The average molecular weight is 236 g/mol. The quantitative estimate of drug-likeness (QED) is 0.798. The smallest absolute Gasteiger partial charge is 0.0947 e. The van der Waals surface area contributed by atoms with Gasteiger partial charge in [-0.25, -0.2) is 0 Å². The molecule has 1 aromatic heterocycles. The van der Waals surface area contributed by atoms with Crippen molar-refractivity contribution in [1.82, 2.24) is 9.89 Å². The molecule has 2 aromatic rings. The Morgan fingerprint density at radius 3 is 2.31 bits per heavy atom. The molecule has 0 spiro atoms. The molecule has 1 heterocycles. The molecule has 0 amide bonds. The predicted octanol–water partition coefficient (Wildman–Crippen LogP) is 2.71. The summed E-state index contributed by atoms with van der Waals surface area (Å²) >= 11 is 5.85. The molecule has 4 heteroatoms. The summed E-state index contributed by atoms with van der Waals surface area (Å²) in [5, 5.41) is 7.19. The number of hydrogen-bond acceptors (Lipinski definition) is 2. The third-order valence-corrected chi connectivity index (χ3v) is 2.63. The number of aromatic nitrogens is 2. The Morgan fingerprint density at radius 1 is 1.19 bits per heavy atom. The van der Waals surface area contributed by atoms with Crippen molar-refractivity contribution in [3.63, 3.8) is 0 Å². The molecule has 0 fully saturated rings. The molecule has 0 atom stereocenters. The first-order valence-corrected chi connectivity index (χ1v) is 5.46. The third kappa shape index (κ3) is 2.04. The molecule has 0 saturated heterocycles. The van der Waals surface area contributed by atoms with Crippen LogP contribution in [0.3, 0.4) is 0 Å². The van der Waals surface area contributed by atoms with E-state index >= 15 is 0 Å². The molecule has 0 aliphatic carbocycles. The molecule has 0 N–H and O–H groups in total. The van der Waals surface area contributed by atoms with Crippen LogP contribution in [0, 0.1) is 6.92 Å². The SMILES string of the molecule is Cc1cc(-c2ccc(Cl)cc2)nn1N(C)C. The number of benzene rings is 1. The Kier molecular flexibility index (Phi) is 2.88. The molecular formula is C12H14ClN3. The van der Waals surface area contributed by atoms with Gasteiger partial charge in [0.1, 0.15) is 0 Å². The molecule has 0 bridgehead atoms. The highest BCUT2D eigenvalue weighted by molar-refractivity contribution is 6.30. The van der Waals surface area contributed by atoms with Gasteiger partial charge >= 0.3 is 0 Å². The summed E-state index contributed by atoms with van der Waals surface area (Å²) in [7, 11) is 3.93. The zero-order valence-corrected chi connectivity index (χ0v) is 10.4. The Balaban J connectivity index is 2.41. The van der Waals surface area contributed by atoms with Gasteiger partial charge in [0, 0.05) is 24.7 Å². The van der Waals surface area contributed by atoms with E-state index in [-0.39, 0.29) is 0 Å². The number of aryl methyl sites for hydroxylation is 1. The third-order valence-electron chi connectivity index (χ3n) is 2.38. The number of nitrogens with zero attached hydrogens (tertiary/aromatic N) is 3. The van der Waals surface area contributed by atoms with Crippen LogP contribution in [0.1, 0.15) is 5.69 Å². The highest BCUT2D eigenvalue weighted by atomic mass is 35.5. The summed E-state index contributed by atoms with van der Waals surface area (Å²) in [5.41, 5.74) is 3.14. The van der Waals surface area contributed by atoms with Crippen molar-refractivity contribution >= 4 is 11.6 Å². The molecule has 0 unspecified atom stereocenters. The first kappa shape index (κ1) is 11.0. The van der Waals surface area contributed by atoms with Crippen molar-refractivity contribution in [2.45, 2.75) is 6.92 Å². The van der Waals surface area contributed by atoms with Crippen LogP contribution in [0.2, 0.25) is 5.02 Å². The second-order valence-electron chi connectivity index (χ2n) is 3.91. The van der Waals surface area contributed by atoms with Crippen LogP contribution in [-0.4, -0.2) is 24.0 Å². The van der Waals surface area contributed by atoms with Crippen LogP contribution >= 0.6 is 11.6 Å². The molecule has 0 aliphatic heterocycles. The minimum absolute atomic E-state index is 0.743. The molecule has 1 aromatic carbocycles. The maximum Gasteiger partial charge on any atom is 0.0947 e. The maximum absolute atomic E-state index is 5.85. The van der Waals surface area contributed by atoms with Gasteiger partial charge in [0.2, 0.25) is 0 Å². The van der Waals surface area contributed by atoms with Crippen molar-refractivity contribution in [3.05, 3.63) is 41.0 Å². The van der Waals surface area contributed by atoms with E-state index in [1.54, 1.807) is 0 Å². The summed E-state index contributed by atoms with van der Waals surface area (Å²) in [5.74, 6) is 0. The second kappa shape index (κ2) is 4.18. The van der Waals surface area contributed by atoms with Crippen LogP contribution < -0.4 is 5.01 Å². The van der Waals surface area contributed by atoms with Crippen molar-refractivity contribution < 1.29 is 0 Å². The Labute approximate surface area is 100 Å². The summed E-state index contributed by atoms with van der Waals surface area (Å²) in [6.45, 7) is 2.03. The lowest BCUT2D eigenvalue weighted by molar-refractivity contribution is 0.622. The number of hydrogen-bond donors (Lipinski definition) is 0. The number of rotatable bonds is 2. The largest absolute Gasteiger partial charge is 0.303 e. The van der Waals surface area contributed by atoms with E-state index in [0.29, 0.717) is 0 Å². The Morgan fingerprint density at radius 2 is 1.81 bits per heavy atom. The van der Waals surface area contributed by atoms with E-state index in [1.807, 2.05) is 55.1 Å². The van der Waals surface area contributed by atoms with Gasteiger partial charge < -0.3 is 5.01 Å². The first-order valence-electron chi connectivity index (χ1n) is 5.08. The minimum Gasteiger partial charge on any atom is -0.303 e. The standard InChI is InChI=1S/C12H14ClN3/c1-9-8-12(14-16(9)15(2)3)10-4-6-11(13)7-5-10/h4-8H,1-3H3. The van der Waals surface area contributed by atoms with Gasteiger partial charge in [-0.3, -0.25) is 0 Å². The fourth-order valence-corrected chi connectivity index (χ4v) is 1.76. The van der Waals surface area contributed by atoms with Crippen LogP contribution in [0.4, 0.5) is 0 Å². The maximum atomic E-state index is 5.85. The predicted molar refractivity (Wildman–Crippen MR) is 67.5 cm³/mol. The van der Waals surface area contributed by atoms with Gasteiger partial charge in [0.05, 0.1) is 11.4 Å². The van der Waals surface area contributed by atoms with E-state index < -0.39 is 0 Å². The molecule has 0 saturated carbocycles. The van der Waals surface area contributed by atoms with Gasteiger partial charge in [0.25, 0.3) is 0 Å². The summed E-state index contributed by atoms with van der Waals surface area (Å²) in [6.07, 6.45) is 0. The highest BCUT2D eigenvalue weighted by Gasteiger charge is 2.07. The molecular weight excluding hydrogens is 222 g/mol. The molecule has 2 rings (SSSR count). The zero-order chi connectivity index (χ0) is 11.7. The highest BCUT2D eigenvalue weighted by Crippen LogP contribution is 2.20. The van der Waals surface area contributed by atoms with Gasteiger partial charge in [-0.15, -0.1) is 0 Å². The lowest BCUT2D eigenvalue weighted by Crippen LogP contribution is -2.27. The van der Waals surface area contributed by atoms with Crippen LogP contribution in [0.25, 0.3) is 11.3 Å². The normalized spacial score (nSPS) is 10.5. The van der Waals surface area contributed by atoms with Gasteiger partial charge in [-0.05, 0) is 25.1 Å². The van der Waals surface area contributed by atoms with Crippen molar-refractivity contribution in [1.29, 1.82) is 0 Å². The van der Waals surface area contributed by atoms with Crippen molar-refractivity contribution in [2.24, 2.45) is 0 Å². The van der Waals surface area contributed by atoms with Crippen LogP contribution in [0.15, 0.2) is 30.3 Å². The van der Waals surface area contributed by atoms with Crippen LogP contribution in [-0.2, 0) is 0 Å². The Hall–Kier alpha value is -1.48. The number of halogens is 1. The summed E-state index contributed by atoms with van der Waals surface area (Å²) in [6, 6.07) is 9.76. The molecule has 3 nitrogen and oxygen atoms in total.